The highest BCUT2D eigenvalue weighted by Gasteiger charge is 2.33. The van der Waals surface area contributed by atoms with Gasteiger partial charge in [0.05, 0.1) is 0 Å². The lowest BCUT2D eigenvalue weighted by Gasteiger charge is -2.15. The van der Waals surface area contributed by atoms with Crippen molar-refractivity contribution >= 4 is 0 Å². The minimum absolute atomic E-state index is 0.142. The second-order valence-corrected chi connectivity index (χ2v) is 2.60. The van der Waals surface area contributed by atoms with Crippen LogP contribution in [0.25, 0.3) is 0 Å². The van der Waals surface area contributed by atoms with Gasteiger partial charge in [0.1, 0.15) is 0 Å². The molecule has 1 unspecified atom stereocenters. The maximum atomic E-state index is 12.4. The summed E-state index contributed by atoms with van der Waals surface area (Å²) in [7, 11) is 0. The quantitative estimate of drug-likeness (QED) is 0.482. The van der Waals surface area contributed by atoms with E-state index in [1.165, 1.54) is 0 Å². The zero-order valence-corrected chi connectivity index (χ0v) is 6.56. The van der Waals surface area contributed by atoms with Crippen LogP contribution in [0, 0.1) is 0 Å². The SMILES string of the molecule is CCCCCC(F)C(O)(O)F. The van der Waals surface area contributed by atoms with E-state index in [1.807, 2.05) is 6.92 Å². The van der Waals surface area contributed by atoms with Crippen molar-refractivity contribution in [2.45, 2.75) is 44.8 Å². The maximum Gasteiger partial charge on any atom is 0.347 e. The van der Waals surface area contributed by atoms with Crippen LogP contribution in [-0.4, -0.2) is 22.4 Å². The average molecular weight is 168 g/mol. The van der Waals surface area contributed by atoms with Crippen molar-refractivity contribution in [2.75, 3.05) is 0 Å². The summed E-state index contributed by atoms with van der Waals surface area (Å²) < 4.78 is 24.3. The standard InChI is InChI=1S/C7H14F2O2/c1-2-3-4-5-6(8)7(9,10)11/h6,10-11H,2-5H2,1H3. The lowest BCUT2D eigenvalue weighted by atomic mass is 10.1. The second-order valence-electron chi connectivity index (χ2n) is 2.60. The van der Waals surface area contributed by atoms with E-state index < -0.39 is 12.2 Å². The van der Waals surface area contributed by atoms with Gasteiger partial charge in [-0.15, -0.1) is 0 Å². The molecule has 2 N–H and O–H groups in total. The summed E-state index contributed by atoms with van der Waals surface area (Å²) in [4.78, 5) is 0. The van der Waals surface area contributed by atoms with E-state index in [0.717, 1.165) is 12.8 Å². The summed E-state index contributed by atoms with van der Waals surface area (Å²) in [5.74, 6) is 0. The van der Waals surface area contributed by atoms with Crippen LogP contribution in [0.1, 0.15) is 32.6 Å². The zero-order valence-electron chi connectivity index (χ0n) is 6.56. The van der Waals surface area contributed by atoms with E-state index in [2.05, 4.69) is 0 Å². The number of rotatable bonds is 5. The van der Waals surface area contributed by atoms with Gasteiger partial charge in [0.15, 0.2) is 6.17 Å². The highest BCUT2D eigenvalue weighted by atomic mass is 19.2. The molecule has 0 aliphatic carbocycles. The monoisotopic (exact) mass is 168 g/mol. The molecule has 0 aromatic carbocycles. The molecular weight excluding hydrogens is 154 g/mol. The zero-order chi connectivity index (χ0) is 8.91. The van der Waals surface area contributed by atoms with Crippen LogP contribution in [0.4, 0.5) is 8.78 Å². The molecule has 0 fully saturated rings. The Morgan fingerprint density at radius 1 is 1.36 bits per heavy atom. The van der Waals surface area contributed by atoms with Gasteiger partial charge in [-0.05, 0) is 6.42 Å². The molecule has 2 nitrogen and oxygen atoms in total. The Bertz CT molecular complexity index is 101. The first-order valence-electron chi connectivity index (χ1n) is 3.76. The Labute approximate surface area is 64.8 Å². The highest BCUT2D eigenvalue weighted by Crippen LogP contribution is 2.18. The Morgan fingerprint density at radius 3 is 2.27 bits per heavy atom. The van der Waals surface area contributed by atoms with Crippen molar-refractivity contribution in [1.82, 2.24) is 0 Å². The lowest BCUT2D eigenvalue weighted by molar-refractivity contribution is -0.294. The Hall–Kier alpha value is -0.220. The van der Waals surface area contributed by atoms with Gasteiger partial charge in [-0.2, -0.15) is 4.39 Å². The molecule has 0 spiro atoms. The van der Waals surface area contributed by atoms with E-state index in [1.54, 1.807) is 0 Å². The first-order valence-corrected chi connectivity index (χ1v) is 3.76. The maximum absolute atomic E-state index is 12.4. The van der Waals surface area contributed by atoms with Crippen LogP contribution in [0.2, 0.25) is 0 Å². The topological polar surface area (TPSA) is 40.5 Å². The molecule has 0 amide bonds. The van der Waals surface area contributed by atoms with E-state index in [4.69, 9.17) is 10.2 Å². The van der Waals surface area contributed by atoms with Gasteiger partial charge in [0.25, 0.3) is 0 Å². The first kappa shape index (κ1) is 10.8. The van der Waals surface area contributed by atoms with Crippen LogP contribution in [0.15, 0.2) is 0 Å². The molecule has 0 bridgehead atoms. The predicted octanol–water partition coefficient (Wildman–Crippen LogP) is 1.51. The summed E-state index contributed by atoms with van der Waals surface area (Å²) in [5, 5.41) is 16.2. The van der Waals surface area contributed by atoms with Crippen molar-refractivity contribution in [3.63, 3.8) is 0 Å². The molecule has 0 saturated heterocycles. The molecule has 0 aliphatic heterocycles. The number of aliphatic hydroxyl groups is 2. The molecule has 0 aromatic heterocycles. The highest BCUT2D eigenvalue weighted by molar-refractivity contribution is 4.63. The third-order valence-corrected chi connectivity index (χ3v) is 1.46. The Balaban J connectivity index is 3.44. The number of hydrogen-bond acceptors (Lipinski definition) is 2. The van der Waals surface area contributed by atoms with Gasteiger partial charge < -0.3 is 10.2 Å². The first-order chi connectivity index (χ1) is 4.98. The third-order valence-electron chi connectivity index (χ3n) is 1.46. The van der Waals surface area contributed by atoms with Gasteiger partial charge in [-0.25, -0.2) is 4.39 Å². The molecule has 11 heavy (non-hydrogen) atoms. The van der Waals surface area contributed by atoms with Crippen molar-refractivity contribution < 1.29 is 19.0 Å². The molecule has 0 rings (SSSR count). The summed E-state index contributed by atoms with van der Waals surface area (Å²) in [6, 6.07) is -3.66. The van der Waals surface area contributed by atoms with Gasteiger partial charge >= 0.3 is 6.04 Å². The van der Waals surface area contributed by atoms with Gasteiger partial charge in [0, 0.05) is 0 Å². The normalized spacial score (nSPS) is 15.0. The molecular formula is C7H14F2O2. The molecule has 0 aromatic rings. The van der Waals surface area contributed by atoms with Crippen LogP contribution in [-0.2, 0) is 0 Å². The molecule has 1 atom stereocenters. The Kier molecular flexibility index (Phi) is 4.52. The van der Waals surface area contributed by atoms with E-state index >= 15 is 0 Å². The number of alkyl halides is 2. The summed E-state index contributed by atoms with van der Waals surface area (Å²) in [6.07, 6.45) is -0.185. The molecule has 68 valence electrons. The van der Waals surface area contributed by atoms with Gasteiger partial charge in [-0.1, -0.05) is 26.2 Å². The fourth-order valence-electron chi connectivity index (χ4n) is 0.757. The van der Waals surface area contributed by atoms with Crippen LogP contribution < -0.4 is 0 Å². The number of halogens is 2. The van der Waals surface area contributed by atoms with Crippen molar-refractivity contribution in [3.05, 3.63) is 0 Å². The van der Waals surface area contributed by atoms with Crippen molar-refractivity contribution in [2.24, 2.45) is 0 Å². The number of hydrogen-bond donors (Lipinski definition) is 2. The summed E-state index contributed by atoms with van der Waals surface area (Å²) >= 11 is 0. The molecule has 0 heterocycles. The molecule has 0 radical (unpaired) electrons. The predicted molar refractivity (Wildman–Crippen MR) is 37.3 cm³/mol. The fraction of sp³-hybridized carbons (Fsp3) is 1.00. The third kappa shape index (κ3) is 5.09. The smallest absolute Gasteiger partial charge is 0.338 e. The summed E-state index contributed by atoms with van der Waals surface area (Å²) in [5.41, 5.74) is 0. The largest absolute Gasteiger partial charge is 0.347 e. The summed E-state index contributed by atoms with van der Waals surface area (Å²) in [6.45, 7) is 1.92. The second kappa shape index (κ2) is 4.62. The molecule has 0 saturated carbocycles. The van der Waals surface area contributed by atoms with Crippen molar-refractivity contribution in [1.29, 1.82) is 0 Å². The van der Waals surface area contributed by atoms with E-state index in [9.17, 15) is 8.78 Å². The van der Waals surface area contributed by atoms with E-state index in [0.29, 0.717) is 6.42 Å². The fourth-order valence-corrected chi connectivity index (χ4v) is 0.757. The van der Waals surface area contributed by atoms with Crippen LogP contribution in [0.5, 0.6) is 0 Å². The molecule has 4 heteroatoms. The van der Waals surface area contributed by atoms with E-state index in [-0.39, 0.29) is 6.42 Å². The lowest BCUT2D eigenvalue weighted by Crippen LogP contribution is -2.34. The minimum Gasteiger partial charge on any atom is -0.338 e. The van der Waals surface area contributed by atoms with Crippen molar-refractivity contribution in [3.8, 4) is 0 Å². The van der Waals surface area contributed by atoms with Gasteiger partial charge in [-0.3, -0.25) is 0 Å². The number of unbranched alkanes of at least 4 members (excludes halogenated alkanes) is 2. The minimum atomic E-state index is -3.66. The molecule has 0 aliphatic rings. The van der Waals surface area contributed by atoms with Crippen LogP contribution >= 0.6 is 0 Å². The van der Waals surface area contributed by atoms with Gasteiger partial charge in [0.2, 0.25) is 0 Å². The Morgan fingerprint density at radius 2 is 1.91 bits per heavy atom. The van der Waals surface area contributed by atoms with Crippen LogP contribution in [0.3, 0.4) is 0 Å². The average Bonchev–Trinajstić information content (AvgIpc) is 1.86.